The van der Waals surface area contributed by atoms with Crippen molar-refractivity contribution in [2.75, 3.05) is 6.54 Å². The fraction of sp³-hybridized carbons (Fsp3) is 0.467. The fourth-order valence-corrected chi connectivity index (χ4v) is 3.09. The molecule has 2 amide bonds. The zero-order valence-electron chi connectivity index (χ0n) is 11.8. The summed E-state index contributed by atoms with van der Waals surface area (Å²) in [7, 11) is 0. The number of piperidine rings is 1. The smallest absolute Gasteiger partial charge is 0.227 e. The lowest BCUT2D eigenvalue weighted by molar-refractivity contribution is -0.136. The van der Waals surface area contributed by atoms with Crippen LogP contribution >= 0.6 is 23.2 Å². The Bertz CT molecular complexity index is 563. The van der Waals surface area contributed by atoms with E-state index in [1.54, 1.807) is 23.1 Å². The third-order valence-corrected chi connectivity index (χ3v) is 4.55. The molecule has 2 rings (SSSR count). The van der Waals surface area contributed by atoms with Crippen molar-refractivity contribution in [1.82, 2.24) is 4.90 Å². The number of carbonyl (C=O) groups is 2. The average Bonchev–Trinajstić information content (AvgIpc) is 2.42. The Hall–Kier alpha value is -1.26. The van der Waals surface area contributed by atoms with Crippen molar-refractivity contribution in [3.05, 3.63) is 33.8 Å². The third kappa shape index (κ3) is 3.89. The van der Waals surface area contributed by atoms with Gasteiger partial charge in [0, 0.05) is 22.6 Å². The zero-order valence-corrected chi connectivity index (χ0v) is 13.3. The van der Waals surface area contributed by atoms with Crippen LogP contribution in [0.15, 0.2) is 18.2 Å². The van der Waals surface area contributed by atoms with Crippen LogP contribution in [0.25, 0.3) is 0 Å². The van der Waals surface area contributed by atoms with Crippen LogP contribution in [0, 0.1) is 5.92 Å². The van der Waals surface area contributed by atoms with E-state index in [1.165, 1.54) is 0 Å². The first-order valence-corrected chi connectivity index (χ1v) is 7.66. The minimum Gasteiger partial charge on any atom is -0.369 e. The monoisotopic (exact) mass is 328 g/mol. The Morgan fingerprint density at radius 3 is 2.67 bits per heavy atom. The van der Waals surface area contributed by atoms with Crippen LogP contribution in [0.5, 0.6) is 0 Å². The van der Waals surface area contributed by atoms with Crippen LogP contribution < -0.4 is 5.73 Å². The highest BCUT2D eigenvalue weighted by atomic mass is 35.5. The molecule has 0 aliphatic carbocycles. The first-order valence-electron chi connectivity index (χ1n) is 6.91. The summed E-state index contributed by atoms with van der Waals surface area (Å²) < 4.78 is 0. The van der Waals surface area contributed by atoms with E-state index in [2.05, 4.69) is 0 Å². The third-order valence-electron chi connectivity index (χ3n) is 3.96. The predicted molar refractivity (Wildman–Crippen MR) is 83.3 cm³/mol. The summed E-state index contributed by atoms with van der Waals surface area (Å²) in [4.78, 5) is 25.5. The Morgan fingerprint density at radius 2 is 2.05 bits per heavy atom. The van der Waals surface area contributed by atoms with Gasteiger partial charge in [-0.25, -0.2) is 0 Å². The molecule has 114 valence electrons. The standard InChI is InChI=1S/C15H18Cl2N2O2/c1-9-2-3-11(15(18)21)8-19(9)14(20)6-10-4-5-12(16)7-13(10)17/h4-5,7,9,11H,2-3,6,8H2,1H3,(H2,18,21)/t9-,11-/m1/s1. The van der Waals surface area contributed by atoms with Gasteiger partial charge in [-0.3, -0.25) is 9.59 Å². The highest BCUT2D eigenvalue weighted by molar-refractivity contribution is 6.35. The number of primary amides is 1. The second kappa shape index (κ2) is 6.67. The van der Waals surface area contributed by atoms with E-state index in [0.717, 1.165) is 18.4 Å². The van der Waals surface area contributed by atoms with Gasteiger partial charge in [0.05, 0.1) is 12.3 Å². The molecule has 6 heteroatoms. The number of hydrogen-bond acceptors (Lipinski definition) is 2. The molecule has 0 spiro atoms. The molecule has 1 aromatic carbocycles. The van der Waals surface area contributed by atoms with Gasteiger partial charge in [0.1, 0.15) is 0 Å². The van der Waals surface area contributed by atoms with E-state index in [-0.39, 0.29) is 30.2 Å². The van der Waals surface area contributed by atoms with Gasteiger partial charge in [-0.2, -0.15) is 0 Å². The number of nitrogens with zero attached hydrogens (tertiary/aromatic N) is 1. The van der Waals surface area contributed by atoms with E-state index < -0.39 is 0 Å². The van der Waals surface area contributed by atoms with E-state index in [0.29, 0.717) is 16.6 Å². The number of nitrogens with two attached hydrogens (primary N) is 1. The average molecular weight is 329 g/mol. The van der Waals surface area contributed by atoms with Gasteiger partial charge in [-0.1, -0.05) is 29.3 Å². The molecule has 0 saturated carbocycles. The predicted octanol–water partition coefficient (Wildman–Crippen LogP) is 2.65. The van der Waals surface area contributed by atoms with Crippen molar-refractivity contribution in [2.24, 2.45) is 11.7 Å². The number of likely N-dealkylation sites (tertiary alicyclic amines) is 1. The van der Waals surface area contributed by atoms with E-state index >= 15 is 0 Å². The fourth-order valence-electron chi connectivity index (χ4n) is 2.62. The second-order valence-electron chi connectivity index (χ2n) is 5.48. The van der Waals surface area contributed by atoms with E-state index in [9.17, 15) is 9.59 Å². The molecule has 2 atom stereocenters. The Labute approximate surface area is 134 Å². The summed E-state index contributed by atoms with van der Waals surface area (Å²) in [6, 6.07) is 5.20. The number of rotatable bonds is 3. The van der Waals surface area contributed by atoms with Gasteiger partial charge in [0.15, 0.2) is 0 Å². The van der Waals surface area contributed by atoms with E-state index in [1.807, 2.05) is 6.92 Å². The molecule has 1 saturated heterocycles. The van der Waals surface area contributed by atoms with Crippen molar-refractivity contribution >= 4 is 35.0 Å². The molecule has 0 radical (unpaired) electrons. The highest BCUT2D eigenvalue weighted by Crippen LogP contribution is 2.25. The van der Waals surface area contributed by atoms with Gasteiger partial charge < -0.3 is 10.6 Å². The lowest BCUT2D eigenvalue weighted by atomic mass is 9.92. The largest absolute Gasteiger partial charge is 0.369 e. The Kier molecular flexibility index (Phi) is 5.12. The molecular weight excluding hydrogens is 311 g/mol. The lowest BCUT2D eigenvalue weighted by Gasteiger charge is -2.37. The zero-order chi connectivity index (χ0) is 15.6. The molecular formula is C15H18Cl2N2O2. The quantitative estimate of drug-likeness (QED) is 0.927. The number of halogens is 2. The molecule has 1 aliphatic rings. The first kappa shape index (κ1) is 16.1. The van der Waals surface area contributed by atoms with E-state index in [4.69, 9.17) is 28.9 Å². The van der Waals surface area contributed by atoms with Crippen LogP contribution in [-0.2, 0) is 16.0 Å². The van der Waals surface area contributed by atoms with Crippen molar-refractivity contribution in [1.29, 1.82) is 0 Å². The second-order valence-corrected chi connectivity index (χ2v) is 6.33. The Morgan fingerprint density at radius 1 is 1.33 bits per heavy atom. The van der Waals surface area contributed by atoms with Gasteiger partial charge in [0.25, 0.3) is 0 Å². The van der Waals surface area contributed by atoms with Crippen molar-refractivity contribution in [3.63, 3.8) is 0 Å². The normalized spacial score (nSPS) is 22.1. The topological polar surface area (TPSA) is 63.4 Å². The summed E-state index contributed by atoms with van der Waals surface area (Å²) in [5.74, 6) is -0.646. The summed E-state index contributed by atoms with van der Waals surface area (Å²) in [6.45, 7) is 2.37. The minimum atomic E-state index is -0.343. The molecule has 0 bridgehead atoms. The lowest BCUT2D eigenvalue weighted by Crippen LogP contribution is -2.49. The van der Waals surface area contributed by atoms with Crippen molar-refractivity contribution in [2.45, 2.75) is 32.2 Å². The molecule has 1 fully saturated rings. The maximum atomic E-state index is 12.5. The van der Waals surface area contributed by atoms with Crippen LogP contribution in [0.1, 0.15) is 25.3 Å². The number of carbonyl (C=O) groups excluding carboxylic acids is 2. The highest BCUT2D eigenvalue weighted by Gasteiger charge is 2.31. The van der Waals surface area contributed by atoms with Gasteiger partial charge >= 0.3 is 0 Å². The molecule has 1 aromatic rings. The minimum absolute atomic E-state index is 0.0438. The van der Waals surface area contributed by atoms with Gasteiger partial charge in [-0.05, 0) is 37.5 Å². The maximum Gasteiger partial charge on any atom is 0.227 e. The first-order chi connectivity index (χ1) is 9.88. The number of amides is 2. The van der Waals surface area contributed by atoms with Crippen molar-refractivity contribution < 1.29 is 9.59 Å². The van der Waals surface area contributed by atoms with Gasteiger partial charge in [0.2, 0.25) is 11.8 Å². The summed E-state index contributed by atoms with van der Waals surface area (Å²) >= 11 is 11.9. The van der Waals surface area contributed by atoms with Crippen LogP contribution in [-0.4, -0.2) is 29.3 Å². The molecule has 1 heterocycles. The molecule has 2 N–H and O–H groups in total. The summed E-state index contributed by atoms with van der Waals surface area (Å²) in [5.41, 5.74) is 6.09. The molecule has 4 nitrogen and oxygen atoms in total. The van der Waals surface area contributed by atoms with Crippen LogP contribution in [0.2, 0.25) is 10.0 Å². The number of hydrogen-bond donors (Lipinski definition) is 1. The molecule has 0 aromatic heterocycles. The summed E-state index contributed by atoms with van der Waals surface area (Å²) in [5, 5.41) is 1.02. The SMILES string of the molecule is C[C@@H]1CC[C@@H](C(N)=O)CN1C(=O)Cc1ccc(Cl)cc1Cl. The summed E-state index contributed by atoms with van der Waals surface area (Å²) in [6.07, 6.45) is 1.72. The Balaban J connectivity index is 2.09. The molecule has 21 heavy (non-hydrogen) atoms. The van der Waals surface area contributed by atoms with Crippen LogP contribution in [0.4, 0.5) is 0 Å². The van der Waals surface area contributed by atoms with Crippen LogP contribution in [0.3, 0.4) is 0 Å². The molecule has 0 unspecified atom stereocenters. The molecule has 1 aliphatic heterocycles. The maximum absolute atomic E-state index is 12.5. The number of benzene rings is 1. The van der Waals surface area contributed by atoms with Crippen molar-refractivity contribution in [3.8, 4) is 0 Å². The van der Waals surface area contributed by atoms with Gasteiger partial charge in [-0.15, -0.1) is 0 Å².